The zero-order valence-electron chi connectivity index (χ0n) is 21.5. The number of piperidine rings is 1. The van der Waals surface area contributed by atoms with E-state index in [2.05, 4.69) is 15.3 Å². The lowest BCUT2D eigenvalue weighted by Crippen LogP contribution is -2.40. The molecule has 0 saturated carbocycles. The Kier molecular flexibility index (Phi) is 10.1. The van der Waals surface area contributed by atoms with E-state index in [4.69, 9.17) is 23.8 Å². The third-order valence-corrected chi connectivity index (χ3v) is 5.23. The molecule has 0 unspecified atom stereocenters. The van der Waals surface area contributed by atoms with Crippen molar-refractivity contribution in [3.8, 4) is 17.5 Å². The Morgan fingerprint density at radius 3 is 2.53 bits per heavy atom. The highest BCUT2D eigenvalue weighted by molar-refractivity contribution is 5.59. The molecular formula is C25H35FN4O6. The summed E-state index contributed by atoms with van der Waals surface area (Å²) in [5, 5.41) is 4.68. The largest absolute Gasteiger partial charge is 0.528 e. The average molecular weight is 507 g/mol. The molecule has 1 N–H and O–H groups in total. The topological polar surface area (TPSA) is 104 Å². The van der Waals surface area contributed by atoms with Crippen molar-refractivity contribution >= 4 is 11.8 Å². The van der Waals surface area contributed by atoms with Crippen molar-refractivity contribution in [2.45, 2.75) is 65.8 Å². The van der Waals surface area contributed by atoms with Crippen LogP contribution in [-0.2, 0) is 14.3 Å². The summed E-state index contributed by atoms with van der Waals surface area (Å²) in [5.41, 5.74) is 1.19. The molecule has 10 nitrogen and oxygen atoms in total. The molecule has 0 atom stereocenters. The van der Waals surface area contributed by atoms with E-state index in [-0.39, 0.29) is 29.9 Å². The van der Waals surface area contributed by atoms with Gasteiger partial charge in [0.2, 0.25) is 11.8 Å². The summed E-state index contributed by atoms with van der Waals surface area (Å²) in [5.74, 6) is 0.101. The predicted octanol–water partition coefficient (Wildman–Crippen LogP) is 4.87. The molecule has 2 aromatic rings. The van der Waals surface area contributed by atoms with E-state index in [9.17, 15) is 9.18 Å². The lowest BCUT2D eigenvalue weighted by atomic mass is 10.1. The van der Waals surface area contributed by atoms with Crippen molar-refractivity contribution in [3.63, 3.8) is 0 Å². The number of anilines is 1. The fraction of sp³-hybridized carbons (Fsp3) is 0.560. The van der Waals surface area contributed by atoms with E-state index in [1.807, 2.05) is 13.8 Å². The molecule has 2 heterocycles. The van der Waals surface area contributed by atoms with Gasteiger partial charge in [0.05, 0.1) is 24.4 Å². The number of carbonyl (C=O) groups excluding carboxylic acids is 1. The Labute approximate surface area is 211 Å². The Bertz CT molecular complexity index is 999. The van der Waals surface area contributed by atoms with Crippen LogP contribution < -0.4 is 14.8 Å². The van der Waals surface area contributed by atoms with Gasteiger partial charge < -0.3 is 29.1 Å². The van der Waals surface area contributed by atoms with E-state index in [0.717, 1.165) is 0 Å². The molecule has 1 fully saturated rings. The van der Waals surface area contributed by atoms with Crippen LogP contribution in [0.3, 0.4) is 0 Å². The lowest BCUT2D eigenvalue weighted by Gasteiger charge is -2.30. The van der Waals surface area contributed by atoms with Crippen LogP contribution in [0.2, 0.25) is 0 Å². The van der Waals surface area contributed by atoms with Crippen LogP contribution in [0, 0.1) is 12.7 Å². The zero-order valence-corrected chi connectivity index (χ0v) is 21.5. The minimum atomic E-state index is -0.714. The maximum absolute atomic E-state index is 14.7. The Morgan fingerprint density at radius 2 is 1.86 bits per heavy atom. The molecular weight excluding hydrogens is 471 g/mol. The highest BCUT2D eigenvalue weighted by atomic mass is 19.1. The lowest BCUT2D eigenvalue weighted by molar-refractivity contribution is -0.151. The van der Waals surface area contributed by atoms with Crippen LogP contribution in [-0.4, -0.2) is 65.7 Å². The van der Waals surface area contributed by atoms with Crippen molar-refractivity contribution in [1.29, 1.82) is 0 Å². The number of nitrogens with zero attached hydrogens (tertiary/aromatic N) is 3. The standard InChI is InChI=1S/C25H35FN4O6/c1-16(2)32-13-10-27-19-6-7-22(21(26)14-19)35-24-18(5)23(28-15-29-24)34-20-8-11-30(12-9-20)36-25(31)33-17(3)4/h6-7,14-17,20,27H,8-13H2,1-5H3. The molecule has 0 bridgehead atoms. The third kappa shape index (κ3) is 8.49. The number of rotatable bonds is 11. The number of hydroxylamine groups is 2. The van der Waals surface area contributed by atoms with E-state index < -0.39 is 12.0 Å². The molecule has 1 aromatic carbocycles. The van der Waals surface area contributed by atoms with E-state index in [1.54, 1.807) is 38.0 Å². The van der Waals surface area contributed by atoms with Crippen LogP contribution >= 0.6 is 0 Å². The number of aromatic nitrogens is 2. The van der Waals surface area contributed by atoms with Gasteiger partial charge in [-0.25, -0.2) is 19.2 Å². The maximum Gasteiger partial charge on any atom is 0.528 e. The van der Waals surface area contributed by atoms with Gasteiger partial charge in [0.1, 0.15) is 12.4 Å². The Balaban J connectivity index is 1.53. The quantitative estimate of drug-likeness (QED) is 0.335. The monoisotopic (exact) mass is 506 g/mol. The Morgan fingerprint density at radius 1 is 1.14 bits per heavy atom. The second-order valence-electron chi connectivity index (χ2n) is 8.96. The number of hydrogen-bond acceptors (Lipinski definition) is 10. The molecule has 1 saturated heterocycles. The first-order valence-corrected chi connectivity index (χ1v) is 12.2. The van der Waals surface area contributed by atoms with Crippen molar-refractivity contribution < 1.29 is 33.0 Å². The normalized spacial score (nSPS) is 14.7. The van der Waals surface area contributed by atoms with Crippen LogP contribution in [0.15, 0.2) is 24.5 Å². The van der Waals surface area contributed by atoms with Crippen molar-refractivity contribution in [2.75, 3.05) is 31.6 Å². The molecule has 1 aliphatic rings. The second-order valence-corrected chi connectivity index (χ2v) is 8.96. The first kappa shape index (κ1) is 27.4. The van der Waals surface area contributed by atoms with Crippen LogP contribution in [0.25, 0.3) is 0 Å². The summed E-state index contributed by atoms with van der Waals surface area (Å²) in [7, 11) is 0. The highest BCUT2D eigenvalue weighted by Crippen LogP contribution is 2.31. The van der Waals surface area contributed by atoms with Gasteiger partial charge in [-0.1, -0.05) is 0 Å². The van der Waals surface area contributed by atoms with Gasteiger partial charge in [0.25, 0.3) is 0 Å². The number of carbonyl (C=O) groups is 1. The third-order valence-electron chi connectivity index (χ3n) is 5.23. The molecule has 1 aromatic heterocycles. The molecule has 3 rings (SSSR count). The van der Waals surface area contributed by atoms with Crippen molar-refractivity contribution in [1.82, 2.24) is 15.0 Å². The molecule has 0 radical (unpaired) electrons. The number of benzene rings is 1. The van der Waals surface area contributed by atoms with E-state index in [1.165, 1.54) is 12.4 Å². The summed E-state index contributed by atoms with van der Waals surface area (Å²) in [4.78, 5) is 25.2. The smallest absolute Gasteiger partial charge is 0.474 e. The van der Waals surface area contributed by atoms with Crippen molar-refractivity contribution in [2.24, 2.45) is 0 Å². The van der Waals surface area contributed by atoms with Crippen LogP contribution in [0.4, 0.5) is 14.9 Å². The number of hydrogen-bond donors (Lipinski definition) is 1. The van der Waals surface area contributed by atoms with Gasteiger partial charge in [0, 0.05) is 44.2 Å². The minimum Gasteiger partial charge on any atom is -0.474 e. The second kappa shape index (κ2) is 13.2. The molecule has 0 amide bonds. The SMILES string of the molecule is Cc1c(Oc2ccc(NCCOC(C)C)cc2F)ncnc1OC1CCN(OC(=O)OC(C)C)CC1. The van der Waals surface area contributed by atoms with E-state index in [0.29, 0.717) is 56.2 Å². The predicted molar refractivity (Wildman–Crippen MR) is 131 cm³/mol. The summed E-state index contributed by atoms with van der Waals surface area (Å²) >= 11 is 0. The number of ether oxygens (including phenoxy) is 4. The molecule has 36 heavy (non-hydrogen) atoms. The van der Waals surface area contributed by atoms with Gasteiger partial charge in [-0.05, 0) is 46.8 Å². The van der Waals surface area contributed by atoms with Gasteiger partial charge in [0.15, 0.2) is 11.6 Å². The highest BCUT2D eigenvalue weighted by Gasteiger charge is 2.25. The molecule has 1 aliphatic heterocycles. The summed E-state index contributed by atoms with van der Waals surface area (Å²) in [6.07, 6.45) is 1.63. The summed E-state index contributed by atoms with van der Waals surface area (Å²) in [6, 6.07) is 4.64. The fourth-order valence-electron chi connectivity index (χ4n) is 3.45. The number of nitrogens with one attached hydrogen (secondary N) is 1. The van der Waals surface area contributed by atoms with Gasteiger partial charge in [-0.2, -0.15) is 0 Å². The van der Waals surface area contributed by atoms with E-state index >= 15 is 0 Å². The van der Waals surface area contributed by atoms with Gasteiger partial charge >= 0.3 is 6.16 Å². The average Bonchev–Trinajstić information content (AvgIpc) is 2.81. The first-order valence-electron chi connectivity index (χ1n) is 12.2. The number of halogens is 1. The van der Waals surface area contributed by atoms with Crippen LogP contribution in [0.5, 0.6) is 17.5 Å². The summed E-state index contributed by atoms with van der Waals surface area (Å²) in [6.45, 7) is 11.3. The maximum atomic E-state index is 14.7. The first-order chi connectivity index (χ1) is 17.2. The van der Waals surface area contributed by atoms with Gasteiger partial charge in [-0.3, -0.25) is 0 Å². The Hall–Kier alpha value is -3.18. The molecule has 0 aliphatic carbocycles. The molecule has 198 valence electrons. The zero-order chi connectivity index (χ0) is 26.1. The fourth-order valence-corrected chi connectivity index (χ4v) is 3.45. The summed E-state index contributed by atoms with van der Waals surface area (Å²) < 4.78 is 36.9. The minimum absolute atomic E-state index is 0.0467. The van der Waals surface area contributed by atoms with Crippen molar-refractivity contribution in [3.05, 3.63) is 35.9 Å². The van der Waals surface area contributed by atoms with Gasteiger partial charge in [-0.15, -0.1) is 5.06 Å². The molecule has 11 heteroatoms. The van der Waals surface area contributed by atoms with Crippen LogP contribution in [0.1, 0.15) is 46.1 Å². The molecule has 0 spiro atoms.